The molecule has 0 saturated heterocycles. The highest BCUT2D eigenvalue weighted by molar-refractivity contribution is 9.11. The number of hydrogen-bond donors (Lipinski definition) is 2. The lowest BCUT2D eigenvalue weighted by atomic mass is 9.87. The zero-order valence-corrected chi connectivity index (χ0v) is 19.2. The molecule has 0 radical (unpaired) electrons. The van der Waals surface area contributed by atoms with E-state index in [0.717, 1.165) is 10.6 Å². The molecule has 0 aliphatic heterocycles. The molecular weight excluding hydrogens is 466 g/mol. The molecule has 0 aliphatic rings. The van der Waals surface area contributed by atoms with Crippen molar-refractivity contribution in [2.45, 2.75) is 31.1 Å². The van der Waals surface area contributed by atoms with Crippen molar-refractivity contribution in [2.24, 2.45) is 11.6 Å². The van der Waals surface area contributed by atoms with Crippen molar-refractivity contribution in [1.29, 1.82) is 0 Å². The second kappa shape index (κ2) is 8.32. The summed E-state index contributed by atoms with van der Waals surface area (Å²) in [6.07, 6.45) is 0. The number of methoxy groups -OCH3 is 1. The number of anilines is 1. The Morgan fingerprint density at radius 1 is 1.14 bits per heavy atom. The lowest BCUT2D eigenvalue weighted by molar-refractivity contribution is 0.415. The van der Waals surface area contributed by atoms with E-state index in [1.807, 2.05) is 20.8 Å². The first-order valence-corrected chi connectivity index (χ1v) is 10.9. The van der Waals surface area contributed by atoms with Crippen molar-refractivity contribution in [3.8, 4) is 5.75 Å². The highest BCUT2D eigenvalue weighted by atomic mass is 79.9. The fourth-order valence-corrected chi connectivity index (χ4v) is 4.51. The Morgan fingerprint density at radius 2 is 1.71 bits per heavy atom. The lowest BCUT2D eigenvalue weighted by Crippen LogP contribution is -2.32. The van der Waals surface area contributed by atoms with Gasteiger partial charge in [-0.3, -0.25) is 5.01 Å². The normalized spacial score (nSPS) is 13.1. The van der Waals surface area contributed by atoms with E-state index in [1.54, 1.807) is 30.3 Å². The molecule has 0 atom stereocenters. The van der Waals surface area contributed by atoms with Crippen molar-refractivity contribution in [3.05, 3.63) is 62.7 Å². The van der Waals surface area contributed by atoms with Gasteiger partial charge in [0.2, 0.25) is 9.84 Å². The molecule has 0 aliphatic carbocycles. The molecule has 28 heavy (non-hydrogen) atoms. The molecule has 9 heteroatoms. The third-order valence-corrected chi connectivity index (χ3v) is 7.11. The number of nitrogens with two attached hydrogens (primary N) is 2. The van der Waals surface area contributed by atoms with Gasteiger partial charge in [0.25, 0.3) is 0 Å². The van der Waals surface area contributed by atoms with Crippen LogP contribution in [0.2, 0.25) is 5.02 Å². The van der Waals surface area contributed by atoms with Crippen LogP contribution in [0.1, 0.15) is 26.3 Å². The zero-order valence-electron chi connectivity index (χ0n) is 16.0. The van der Waals surface area contributed by atoms with E-state index in [4.69, 9.17) is 27.9 Å². The van der Waals surface area contributed by atoms with Crippen LogP contribution in [0.3, 0.4) is 0 Å². The number of benzene rings is 2. The molecule has 4 N–H and O–H groups in total. The summed E-state index contributed by atoms with van der Waals surface area (Å²) in [5.74, 6) is 6.49. The first kappa shape index (κ1) is 22.5. The SMILES string of the molecule is COc1ccc(Cl)cc1N(N)/C(Br)=C(\N)S(=O)(=O)c1ccc(C(C)(C)C)cc1. The van der Waals surface area contributed by atoms with E-state index in [9.17, 15) is 8.42 Å². The van der Waals surface area contributed by atoms with Crippen molar-refractivity contribution >= 4 is 43.1 Å². The Morgan fingerprint density at radius 3 is 2.21 bits per heavy atom. The number of halogens is 2. The van der Waals surface area contributed by atoms with Gasteiger partial charge in [0, 0.05) is 5.02 Å². The van der Waals surface area contributed by atoms with E-state index < -0.39 is 14.9 Å². The van der Waals surface area contributed by atoms with E-state index in [0.29, 0.717) is 16.5 Å². The lowest BCUT2D eigenvalue weighted by Gasteiger charge is -2.22. The van der Waals surface area contributed by atoms with Crippen LogP contribution in [0.25, 0.3) is 0 Å². The van der Waals surface area contributed by atoms with Crippen molar-refractivity contribution in [1.82, 2.24) is 0 Å². The second-order valence-electron chi connectivity index (χ2n) is 7.12. The quantitative estimate of drug-likeness (QED) is 0.370. The molecule has 0 spiro atoms. The summed E-state index contributed by atoms with van der Waals surface area (Å²) < 4.78 is 31.1. The predicted octanol–water partition coefficient (Wildman–Crippen LogP) is 4.28. The summed E-state index contributed by atoms with van der Waals surface area (Å²) in [7, 11) is -2.50. The first-order valence-electron chi connectivity index (χ1n) is 8.29. The van der Waals surface area contributed by atoms with Gasteiger partial charge in [0.05, 0.1) is 12.0 Å². The average molecular weight is 489 g/mol. The summed E-state index contributed by atoms with van der Waals surface area (Å²) >= 11 is 9.21. The summed E-state index contributed by atoms with van der Waals surface area (Å²) in [6, 6.07) is 11.4. The van der Waals surface area contributed by atoms with Gasteiger partial charge in [0.1, 0.15) is 16.0 Å². The average Bonchev–Trinajstić information content (AvgIpc) is 2.65. The molecule has 0 fully saturated rings. The molecule has 2 rings (SSSR count). The molecule has 0 saturated carbocycles. The molecule has 0 amide bonds. The molecule has 0 unspecified atom stereocenters. The van der Waals surface area contributed by atoms with Crippen LogP contribution in [0, 0.1) is 0 Å². The number of sulfone groups is 1. The van der Waals surface area contributed by atoms with Gasteiger partial charge in [-0.15, -0.1) is 0 Å². The molecule has 0 bridgehead atoms. The van der Waals surface area contributed by atoms with Gasteiger partial charge >= 0.3 is 0 Å². The number of rotatable bonds is 5. The van der Waals surface area contributed by atoms with Crippen LogP contribution < -0.4 is 21.3 Å². The van der Waals surface area contributed by atoms with Crippen LogP contribution in [-0.4, -0.2) is 15.5 Å². The van der Waals surface area contributed by atoms with Crippen molar-refractivity contribution in [2.75, 3.05) is 12.1 Å². The highest BCUT2D eigenvalue weighted by Gasteiger charge is 2.25. The van der Waals surface area contributed by atoms with Gasteiger partial charge in [-0.1, -0.05) is 44.5 Å². The number of ether oxygens (including phenoxy) is 1. The van der Waals surface area contributed by atoms with Crippen LogP contribution in [-0.2, 0) is 15.3 Å². The van der Waals surface area contributed by atoms with Gasteiger partial charge in [-0.25, -0.2) is 14.3 Å². The Hall–Kier alpha value is -1.74. The van der Waals surface area contributed by atoms with E-state index in [-0.39, 0.29) is 14.9 Å². The predicted molar refractivity (Wildman–Crippen MR) is 117 cm³/mol. The third-order valence-electron chi connectivity index (χ3n) is 4.14. The molecule has 0 heterocycles. The first-order chi connectivity index (χ1) is 12.9. The minimum atomic E-state index is -3.97. The van der Waals surface area contributed by atoms with E-state index in [1.165, 1.54) is 19.2 Å². The zero-order chi connectivity index (χ0) is 21.3. The standard InChI is InChI=1S/C19H23BrClN3O3S/c1-19(2,3)12-5-8-14(9-6-12)28(25,26)18(22)17(20)24(23)15-11-13(21)7-10-16(15)27-4/h5-11H,22-23H2,1-4H3/b18-17+. The molecule has 152 valence electrons. The Balaban J connectivity index is 2.48. The summed E-state index contributed by atoms with van der Waals surface area (Å²) in [5, 5.41) is 1.05. The molecular formula is C19H23BrClN3O3S. The number of hydrazine groups is 1. The van der Waals surface area contributed by atoms with E-state index >= 15 is 0 Å². The maximum absolute atomic E-state index is 12.9. The van der Waals surface area contributed by atoms with Crippen LogP contribution in [0.4, 0.5) is 5.69 Å². The largest absolute Gasteiger partial charge is 0.495 e. The smallest absolute Gasteiger partial charge is 0.224 e. The molecule has 2 aromatic carbocycles. The van der Waals surface area contributed by atoms with E-state index in [2.05, 4.69) is 15.9 Å². The van der Waals surface area contributed by atoms with Crippen LogP contribution in [0.5, 0.6) is 5.75 Å². The second-order valence-corrected chi connectivity index (χ2v) is 10.2. The fourth-order valence-electron chi connectivity index (χ4n) is 2.45. The van der Waals surface area contributed by atoms with Crippen molar-refractivity contribution < 1.29 is 13.2 Å². The van der Waals surface area contributed by atoms with Crippen molar-refractivity contribution in [3.63, 3.8) is 0 Å². The Bertz CT molecular complexity index is 1000. The summed E-state index contributed by atoms with van der Waals surface area (Å²) in [5.41, 5.74) is 7.23. The number of hydrogen-bond acceptors (Lipinski definition) is 6. The maximum Gasteiger partial charge on any atom is 0.224 e. The van der Waals surface area contributed by atoms with Crippen LogP contribution in [0.15, 0.2) is 57.0 Å². The highest BCUT2D eigenvalue weighted by Crippen LogP contribution is 2.34. The number of nitrogens with zero attached hydrogens (tertiary/aromatic N) is 1. The fraction of sp³-hybridized carbons (Fsp3) is 0.263. The third kappa shape index (κ3) is 4.63. The topological polar surface area (TPSA) is 98.7 Å². The van der Waals surface area contributed by atoms with Crippen LogP contribution >= 0.6 is 27.5 Å². The summed E-state index contributed by atoms with van der Waals surface area (Å²) in [4.78, 5) is 0.0707. The van der Waals surface area contributed by atoms with Gasteiger partial charge in [0.15, 0.2) is 5.03 Å². The molecule has 6 nitrogen and oxygen atoms in total. The minimum absolute atomic E-state index is 0.0343. The minimum Gasteiger partial charge on any atom is -0.495 e. The van der Waals surface area contributed by atoms with Gasteiger partial charge < -0.3 is 10.5 Å². The Labute approximate surface area is 179 Å². The molecule has 0 aromatic heterocycles. The van der Waals surface area contributed by atoms with Gasteiger partial charge in [-0.05, 0) is 57.2 Å². The van der Waals surface area contributed by atoms with Gasteiger partial charge in [-0.2, -0.15) is 0 Å². The molecule has 2 aromatic rings. The summed E-state index contributed by atoms with van der Waals surface area (Å²) in [6.45, 7) is 6.14. The Kier molecular flexibility index (Phi) is 6.70. The monoisotopic (exact) mass is 487 g/mol. The maximum atomic E-state index is 12.9.